The summed E-state index contributed by atoms with van der Waals surface area (Å²) in [5, 5.41) is 9.20. The normalized spacial score (nSPS) is 9.40. The van der Waals surface area contributed by atoms with Crippen molar-refractivity contribution in [3.63, 3.8) is 0 Å². The van der Waals surface area contributed by atoms with Crippen LogP contribution < -0.4 is 16.6 Å². The van der Waals surface area contributed by atoms with E-state index in [0.717, 1.165) is 18.2 Å². The van der Waals surface area contributed by atoms with Crippen molar-refractivity contribution in [2.45, 2.75) is 0 Å². The van der Waals surface area contributed by atoms with Crippen LogP contribution in [-0.4, -0.2) is 17.0 Å². The molecule has 0 unspecified atom stereocenters. The van der Waals surface area contributed by atoms with Gasteiger partial charge in [-0.25, -0.2) is 14.6 Å². The number of aromatic hydroxyl groups is 1. The Morgan fingerprint density at radius 1 is 1.33 bits per heavy atom. The van der Waals surface area contributed by atoms with Crippen molar-refractivity contribution in [3.05, 3.63) is 29.6 Å². The average molecular weight is 213 g/mol. The second-order valence-corrected chi connectivity index (χ2v) is 2.60. The topological polar surface area (TPSA) is 104 Å². The minimum absolute atomic E-state index is 0.302. The van der Waals surface area contributed by atoms with Crippen LogP contribution in [0.1, 0.15) is 10.4 Å². The lowest BCUT2D eigenvalue weighted by atomic mass is 10.2. The smallest absolute Gasteiger partial charge is 0.330 e. The number of phenolic OH excluding ortho intramolecular Hbond substituents is 1. The number of rotatable bonds is 1. The third kappa shape index (κ3) is 2.83. The highest BCUT2D eigenvalue weighted by atomic mass is 19.1. The number of carbonyl (C=O) groups excluding carboxylic acids is 2. The fraction of sp³-hybridized carbons (Fsp3) is 0. The van der Waals surface area contributed by atoms with Gasteiger partial charge in [0.25, 0.3) is 5.91 Å². The summed E-state index contributed by atoms with van der Waals surface area (Å²) in [4.78, 5) is 21.5. The quantitative estimate of drug-likeness (QED) is 0.487. The molecule has 0 aromatic heterocycles. The minimum Gasteiger partial charge on any atom is -0.507 e. The average Bonchev–Trinajstić information content (AvgIpc) is 2.18. The highest BCUT2D eigenvalue weighted by Crippen LogP contribution is 2.17. The SMILES string of the molecule is NC(=O)NNC(=O)c1cc(F)ccc1O. The number of nitrogens with two attached hydrogens (primary N) is 1. The second kappa shape index (κ2) is 4.27. The molecular weight excluding hydrogens is 205 g/mol. The molecule has 0 saturated heterocycles. The third-order valence-corrected chi connectivity index (χ3v) is 1.50. The maximum atomic E-state index is 12.7. The number of urea groups is 1. The van der Waals surface area contributed by atoms with Crippen LogP contribution in [0.5, 0.6) is 5.75 Å². The molecule has 0 radical (unpaired) electrons. The summed E-state index contributed by atoms with van der Waals surface area (Å²) in [5.41, 5.74) is 8.06. The molecule has 0 heterocycles. The molecule has 0 atom stereocenters. The van der Waals surface area contributed by atoms with E-state index in [2.05, 4.69) is 5.73 Å². The Kier molecular flexibility index (Phi) is 3.06. The lowest BCUT2D eigenvalue weighted by molar-refractivity contribution is 0.0934. The van der Waals surface area contributed by atoms with Crippen molar-refractivity contribution in [2.75, 3.05) is 0 Å². The zero-order chi connectivity index (χ0) is 11.4. The van der Waals surface area contributed by atoms with Crippen LogP contribution in [0.15, 0.2) is 18.2 Å². The Bertz CT molecular complexity index is 408. The van der Waals surface area contributed by atoms with E-state index in [4.69, 9.17) is 0 Å². The number of benzene rings is 1. The summed E-state index contributed by atoms with van der Waals surface area (Å²) in [5.74, 6) is -1.96. The van der Waals surface area contributed by atoms with Crippen LogP contribution in [0.4, 0.5) is 9.18 Å². The summed E-state index contributed by atoms with van der Waals surface area (Å²) >= 11 is 0. The number of carbonyl (C=O) groups is 2. The first-order chi connectivity index (χ1) is 7.00. The van der Waals surface area contributed by atoms with Gasteiger partial charge in [-0.15, -0.1) is 0 Å². The summed E-state index contributed by atoms with van der Waals surface area (Å²) < 4.78 is 12.7. The zero-order valence-electron chi connectivity index (χ0n) is 7.45. The van der Waals surface area contributed by atoms with Crippen LogP contribution in [-0.2, 0) is 0 Å². The molecule has 0 fully saturated rings. The van der Waals surface area contributed by atoms with Gasteiger partial charge in [-0.05, 0) is 18.2 Å². The van der Waals surface area contributed by atoms with Gasteiger partial charge < -0.3 is 10.8 Å². The number of halogens is 1. The van der Waals surface area contributed by atoms with Crippen molar-refractivity contribution in [1.29, 1.82) is 0 Å². The van der Waals surface area contributed by atoms with Crippen LogP contribution in [0, 0.1) is 5.82 Å². The van der Waals surface area contributed by atoms with Gasteiger partial charge in [-0.1, -0.05) is 0 Å². The monoisotopic (exact) mass is 213 g/mol. The first kappa shape index (κ1) is 10.8. The van der Waals surface area contributed by atoms with Gasteiger partial charge in [0.1, 0.15) is 11.6 Å². The first-order valence-corrected chi connectivity index (χ1v) is 3.85. The molecule has 3 amide bonds. The maximum absolute atomic E-state index is 12.7. The molecule has 0 aliphatic carbocycles. The lowest BCUT2D eigenvalue weighted by Crippen LogP contribution is -2.44. The van der Waals surface area contributed by atoms with Crippen molar-refractivity contribution >= 4 is 11.9 Å². The molecular formula is C8H8FN3O3. The summed E-state index contributed by atoms with van der Waals surface area (Å²) in [6.07, 6.45) is 0. The number of hydrogen-bond donors (Lipinski definition) is 4. The predicted molar refractivity (Wildman–Crippen MR) is 48.3 cm³/mol. The molecule has 0 aliphatic heterocycles. The van der Waals surface area contributed by atoms with Gasteiger partial charge in [-0.2, -0.15) is 0 Å². The van der Waals surface area contributed by atoms with Crippen molar-refractivity contribution in [1.82, 2.24) is 10.9 Å². The van der Waals surface area contributed by atoms with E-state index in [1.165, 1.54) is 0 Å². The van der Waals surface area contributed by atoms with Gasteiger partial charge in [0.05, 0.1) is 5.56 Å². The fourth-order valence-electron chi connectivity index (χ4n) is 0.876. The standard InChI is InChI=1S/C8H8FN3O3/c9-4-1-2-6(13)5(3-4)7(14)11-12-8(10)15/h1-3,13H,(H,11,14)(H3,10,12,15). The van der Waals surface area contributed by atoms with Gasteiger partial charge in [0, 0.05) is 0 Å². The molecule has 0 aliphatic rings. The van der Waals surface area contributed by atoms with Gasteiger partial charge in [0.2, 0.25) is 0 Å². The number of hydrogen-bond acceptors (Lipinski definition) is 3. The summed E-state index contributed by atoms with van der Waals surface area (Å²) in [6.45, 7) is 0. The molecule has 80 valence electrons. The van der Waals surface area contributed by atoms with E-state index in [1.807, 2.05) is 5.43 Å². The Morgan fingerprint density at radius 2 is 2.00 bits per heavy atom. The number of amides is 3. The molecule has 1 rings (SSSR count). The van der Waals surface area contributed by atoms with Gasteiger partial charge in [-0.3, -0.25) is 10.2 Å². The van der Waals surface area contributed by atoms with Crippen LogP contribution in [0.25, 0.3) is 0 Å². The molecule has 7 heteroatoms. The highest BCUT2D eigenvalue weighted by Gasteiger charge is 2.11. The molecule has 6 nitrogen and oxygen atoms in total. The van der Waals surface area contributed by atoms with Crippen molar-refractivity contribution < 1.29 is 19.1 Å². The molecule has 5 N–H and O–H groups in total. The van der Waals surface area contributed by atoms with Gasteiger partial charge >= 0.3 is 6.03 Å². The van der Waals surface area contributed by atoms with Crippen LogP contribution in [0.2, 0.25) is 0 Å². The van der Waals surface area contributed by atoms with Crippen LogP contribution in [0.3, 0.4) is 0 Å². The van der Waals surface area contributed by atoms with E-state index < -0.39 is 23.5 Å². The van der Waals surface area contributed by atoms with Crippen molar-refractivity contribution in [3.8, 4) is 5.75 Å². The number of phenols is 1. The second-order valence-electron chi connectivity index (χ2n) is 2.60. The minimum atomic E-state index is -0.973. The number of nitrogens with one attached hydrogen (secondary N) is 2. The van der Waals surface area contributed by atoms with E-state index in [9.17, 15) is 19.1 Å². The number of primary amides is 1. The third-order valence-electron chi connectivity index (χ3n) is 1.50. The summed E-state index contributed by atoms with van der Waals surface area (Å²) in [7, 11) is 0. The Balaban J connectivity index is 2.81. The zero-order valence-corrected chi connectivity index (χ0v) is 7.45. The molecule has 15 heavy (non-hydrogen) atoms. The van der Waals surface area contributed by atoms with Crippen molar-refractivity contribution in [2.24, 2.45) is 5.73 Å². The number of hydrazine groups is 1. The van der Waals surface area contributed by atoms with E-state index in [1.54, 1.807) is 5.43 Å². The lowest BCUT2D eigenvalue weighted by Gasteiger charge is -2.06. The van der Waals surface area contributed by atoms with E-state index in [-0.39, 0.29) is 5.56 Å². The fourth-order valence-corrected chi connectivity index (χ4v) is 0.876. The Labute approximate surface area is 83.9 Å². The predicted octanol–water partition coefficient (Wildman–Crippen LogP) is -0.156. The van der Waals surface area contributed by atoms with E-state index in [0.29, 0.717) is 0 Å². The highest BCUT2D eigenvalue weighted by molar-refractivity contribution is 5.97. The summed E-state index contributed by atoms with van der Waals surface area (Å²) in [6, 6.07) is 1.87. The maximum Gasteiger partial charge on any atom is 0.330 e. The first-order valence-electron chi connectivity index (χ1n) is 3.85. The Morgan fingerprint density at radius 3 is 2.60 bits per heavy atom. The van der Waals surface area contributed by atoms with Crippen LogP contribution >= 0.6 is 0 Å². The molecule has 1 aromatic carbocycles. The largest absolute Gasteiger partial charge is 0.507 e. The molecule has 0 bridgehead atoms. The van der Waals surface area contributed by atoms with Gasteiger partial charge in [0.15, 0.2) is 0 Å². The molecule has 1 aromatic rings. The Hall–Kier alpha value is -2.31. The molecule has 0 saturated carbocycles. The van der Waals surface area contributed by atoms with E-state index >= 15 is 0 Å². The molecule has 0 spiro atoms.